The minimum atomic E-state index is -2.94. The van der Waals surface area contributed by atoms with E-state index in [-0.39, 0.29) is 35.8 Å². The van der Waals surface area contributed by atoms with Crippen molar-refractivity contribution >= 4 is 45.4 Å². The van der Waals surface area contributed by atoms with Crippen LogP contribution in [0.4, 0.5) is 0 Å². The predicted molar refractivity (Wildman–Crippen MR) is 117 cm³/mol. The molecule has 0 radical (unpaired) electrons. The Bertz CT molecular complexity index is 848. The van der Waals surface area contributed by atoms with Crippen LogP contribution in [-0.2, 0) is 16.3 Å². The number of guanidine groups is 1. The molecule has 0 fully saturated rings. The third-order valence-electron chi connectivity index (χ3n) is 3.93. The van der Waals surface area contributed by atoms with Crippen LogP contribution in [0.3, 0.4) is 0 Å². The molecule has 26 heavy (non-hydrogen) atoms. The Kier molecular flexibility index (Phi) is 8.81. The highest BCUT2D eigenvalue weighted by molar-refractivity contribution is 14.0. The average Bonchev–Trinajstić information content (AvgIpc) is 2.96. The minimum Gasteiger partial charge on any atom is -0.356 e. The Balaban J connectivity index is 0.00000338. The SMILES string of the molecule is CN=C(NCCc1cn2cccc(C)c2n1)NC(C)CCS(C)(=O)=O.I. The summed E-state index contributed by atoms with van der Waals surface area (Å²) in [7, 11) is -1.24. The Morgan fingerprint density at radius 2 is 2.15 bits per heavy atom. The Hall–Kier alpha value is -1.36. The molecule has 0 aliphatic rings. The smallest absolute Gasteiger partial charge is 0.191 e. The fraction of sp³-hybridized carbons (Fsp3) is 0.529. The van der Waals surface area contributed by atoms with Gasteiger partial charge >= 0.3 is 0 Å². The minimum absolute atomic E-state index is 0. The van der Waals surface area contributed by atoms with Crippen molar-refractivity contribution in [2.75, 3.05) is 25.6 Å². The number of hydrogen-bond acceptors (Lipinski definition) is 4. The first-order chi connectivity index (χ1) is 11.8. The third-order valence-corrected chi connectivity index (χ3v) is 4.91. The van der Waals surface area contributed by atoms with Crippen LogP contribution in [-0.4, -0.2) is 55.4 Å². The molecule has 2 rings (SSSR count). The van der Waals surface area contributed by atoms with E-state index in [1.54, 1.807) is 7.05 Å². The van der Waals surface area contributed by atoms with Gasteiger partial charge in [-0.2, -0.15) is 0 Å². The largest absolute Gasteiger partial charge is 0.356 e. The molecule has 0 spiro atoms. The molecule has 7 nitrogen and oxygen atoms in total. The van der Waals surface area contributed by atoms with Crippen LogP contribution in [0.5, 0.6) is 0 Å². The van der Waals surface area contributed by atoms with E-state index in [0.717, 1.165) is 23.3 Å². The second-order valence-corrected chi connectivity index (χ2v) is 8.63. The quantitative estimate of drug-likeness (QED) is 0.349. The molecule has 1 unspecified atom stereocenters. The number of imidazole rings is 1. The van der Waals surface area contributed by atoms with Crippen molar-refractivity contribution in [2.24, 2.45) is 4.99 Å². The van der Waals surface area contributed by atoms with Crippen molar-refractivity contribution < 1.29 is 8.42 Å². The lowest BCUT2D eigenvalue weighted by atomic mass is 10.2. The number of aliphatic imine (C=N–C) groups is 1. The molecule has 146 valence electrons. The first-order valence-electron chi connectivity index (χ1n) is 8.36. The van der Waals surface area contributed by atoms with Crippen molar-refractivity contribution in [3.63, 3.8) is 0 Å². The maximum Gasteiger partial charge on any atom is 0.191 e. The fourth-order valence-corrected chi connectivity index (χ4v) is 3.31. The van der Waals surface area contributed by atoms with E-state index in [1.165, 1.54) is 6.26 Å². The molecule has 1 atom stereocenters. The maximum absolute atomic E-state index is 11.2. The van der Waals surface area contributed by atoms with E-state index in [0.29, 0.717) is 18.9 Å². The fourth-order valence-electron chi connectivity index (χ4n) is 2.52. The molecule has 2 N–H and O–H groups in total. The highest BCUT2D eigenvalue weighted by Gasteiger charge is 2.10. The number of pyridine rings is 1. The van der Waals surface area contributed by atoms with E-state index in [4.69, 9.17) is 0 Å². The number of aromatic nitrogens is 2. The zero-order chi connectivity index (χ0) is 18.4. The van der Waals surface area contributed by atoms with E-state index < -0.39 is 9.84 Å². The van der Waals surface area contributed by atoms with Crippen LogP contribution in [0.15, 0.2) is 29.5 Å². The van der Waals surface area contributed by atoms with E-state index >= 15 is 0 Å². The summed E-state index contributed by atoms with van der Waals surface area (Å²) in [5, 5.41) is 6.46. The zero-order valence-electron chi connectivity index (χ0n) is 15.7. The van der Waals surface area contributed by atoms with Crippen molar-refractivity contribution in [1.82, 2.24) is 20.0 Å². The molecule has 2 aromatic heterocycles. The summed E-state index contributed by atoms with van der Waals surface area (Å²) in [4.78, 5) is 8.83. The van der Waals surface area contributed by atoms with Gasteiger partial charge in [0, 0.05) is 44.7 Å². The standard InChI is InChI=1S/C17H27N5O2S.HI/c1-13-6-5-10-22-12-15(21-16(13)22)7-9-19-17(18-3)20-14(2)8-11-25(4,23)24;/h5-6,10,12,14H,7-9,11H2,1-4H3,(H2,18,19,20);1H. The van der Waals surface area contributed by atoms with Crippen molar-refractivity contribution in [3.8, 4) is 0 Å². The molecule has 9 heteroatoms. The number of fused-ring (bicyclic) bond motifs is 1. The van der Waals surface area contributed by atoms with Crippen LogP contribution in [0.2, 0.25) is 0 Å². The molecule has 0 saturated carbocycles. The van der Waals surface area contributed by atoms with Gasteiger partial charge in [0.15, 0.2) is 5.96 Å². The summed E-state index contributed by atoms with van der Waals surface area (Å²) in [6.45, 7) is 4.69. The van der Waals surface area contributed by atoms with Crippen LogP contribution in [0, 0.1) is 6.92 Å². The molecular weight excluding hydrogens is 465 g/mol. The molecule has 2 heterocycles. The average molecular weight is 493 g/mol. The van der Waals surface area contributed by atoms with Crippen LogP contribution in [0.25, 0.3) is 5.65 Å². The molecule has 0 aliphatic heterocycles. The Labute approximate surface area is 172 Å². The van der Waals surface area contributed by atoms with Gasteiger partial charge in [-0.3, -0.25) is 4.99 Å². The van der Waals surface area contributed by atoms with E-state index in [2.05, 4.69) is 20.6 Å². The highest BCUT2D eigenvalue weighted by Crippen LogP contribution is 2.09. The summed E-state index contributed by atoms with van der Waals surface area (Å²) in [6.07, 6.45) is 6.61. The van der Waals surface area contributed by atoms with Gasteiger partial charge in [0.05, 0.1) is 11.4 Å². The van der Waals surface area contributed by atoms with Crippen LogP contribution in [0.1, 0.15) is 24.6 Å². The normalized spacial score (nSPS) is 13.3. The zero-order valence-corrected chi connectivity index (χ0v) is 18.8. The van der Waals surface area contributed by atoms with Gasteiger partial charge in [0.25, 0.3) is 0 Å². The van der Waals surface area contributed by atoms with Crippen molar-refractivity contribution in [1.29, 1.82) is 0 Å². The number of nitrogens with one attached hydrogen (secondary N) is 2. The Morgan fingerprint density at radius 3 is 2.77 bits per heavy atom. The summed E-state index contributed by atoms with van der Waals surface area (Å²) in [6, 6.07) is 4.09. The van der Waals surface area contributed by atoms with Crippen LogP contribution >= 0.6 is 24.0 Å². The molecular formula is C17H28IN5O2S. The van der Waals surface area contributed by atoms with Gasteiger partial charge in [0.1, 0.15) is 15.5 Å². The Morgan fingerprint density at radius 1 is 1.42 bits per heavy atom. The number of halogens is 1. The highest BCUT2D eigenvalue weighted by atomic mass is 127. The molecule has 0 saturated heterocycles. The number of nitrogens with zero attached hydrogens (tertiary/aromatic N) is 3. The van der Waals surface area contributed by atoms with Gasteiger partial charge in [-0.1, -0.05) is 6.07 Å². The first kappa shape index (κ1) is 22.7. The third kappa shape index (κ3) is 7.10. The topological polar surface area (TPSA) is 87.9 Å². The summed E-state index contributed by atoms with van der Waals surface area (Å²) >= 11 is 0. The maximum atomic E-state index is 11.2. The lowest BCUT2D eigenvalue weighted by molar-refractivity contribution is 0.581. The van der Waals surface area contributed by atoms with Gasteiger partial charge in [0.2, 0.25) is 0 Å². The lowest BCUT2D eigenvalue weighted by Crippen LogP contribution is -2.43. The van der Waals surface area contributed by atoms with Crippen LogP contribution < -0.4 is 10.6 Å². The molecule has 0 amide bonds. The molecule has 0 aromatic carbocycles. The van der Waals surface area contributed by atoms with E-state index in [1.807, 2.05) is 42.8 Å². The molecule has 0 bridgehead atoms. The summed E-state index contributed by atoms with van der Waals surface area (Å²) < 4.78 is 24.5. The first-order valence-corrected chi connectivity index (χ1v) is 10.4. The predicted octanol–water partition coefficient (Wildman–Crippen LogP) is 1.79. The van der Waals surface area contributed by atoms with Gasteiger partial charge in [-0.15, -0.1) is 24.0 Å². The molecule has 0 aliphatic carbocycles. The summed E-state index contributed by atoms with van der Waals surface area (Å²) in [5.74, 6) is 0.833. The number of rotatable bonds is 7. The molecule has 2 aromatic rings. The van der Waals surface area contributed by atoms with Crippen molar-refractivity contribution in [2.45, 2.75) is 32.7 Å². The van der Waals surface area contributed by atoms with E-state index in [9.17, 15) is 8.42 Å². The number of sulfone groups is 1. The second-order valence-electron chi connectivity index (χ2n) is 6.37. The summed E-state index contributed by atoms with van der Waals surface area (Å²) in [5.41, 5.74) is 3.15. The lowest BCUT2D eigenvalue weighted by Gasteiger charge is -2.17. The van der Waals surface area contributed by atoms with Crippen molar-refractivity contribution in [3.05, 3.63) is 35.8 Å². The second kappa shape index (κ2) is 10.1. The number of hydrogen-bond donors (Lipinski definition) is 2. The monoisotopic (exact) mass is 493 g/mol. The van der Waals surface area contributed by atoms with Gasteiger partial charge in [-0.05, 0) is 31.9 Å². The van der Waals surface area contributed by atoms with Gasteiger partial charge < -0.3 is 15.0 Å². The van der Waals surface area contributed by atoms with Gasteiger partial charge in [-0.25, -0.2) is 13.4 Å². The number of aryl methyl sites for hydroxylation is 1.